The summed E-state index contributed by atoms with van der Waals surface area (Å²) in [6.45, 7) is 1.56. The highest BCUT2D eigenvalue weighted by atomic mass is 79.9. The predicted octanol–water partition coefficient (Wildman–Crippen LogP) is 2.75. The SMILES string of the molecule is Cc1c(NC(=O)CC#N)ccc(Br)c1F. The van der Waals surface area contributed by atoms with Gasteiger partial charge < -0.3 is 5.32 Å². The molecule has 0 heterocycles. The summed E-state index contributed by atoms with van der Waals surface area (Å²) >= 11 is 3.04. The molecule has 0 aliphatic rings. The second kappa shape index (κ2) is 4.89. The number of benzene rings is 1. The van der Waals surface area contributed by atoms with Crippen molar-refractivity contribution in [1.29, 1.82) is 5.26 Å². The largest absolute Gasteiger partial charge is 0.325 e. The van der Waals surface area contributed by atoms with E-state index in [1.54, 1.807) is 19.1 Å². The van der Waals surface area contributed by atoms with E-state index in [0.29, 0.717) is 15.7 Å². The lowest BCUT2D eigenvalue weighted by atomic mass is 10.2. The van der Waals surface area contributed by atoms with Crippen LogP contribution in [-0.2, 0) is 4.79 Å². The van der Waals surface area contributed by atoms with E-state index < -0.39 is 11.7 Å². The Bertz CT molecular complexity index is 440. The molecule has 0 aromatic heterocycles. The zero-order valence-corrected chi connectivity index (χ0v) is 9.56. The van der Waals surface area contributed by atoms with Crippen LogP contribution in [0, 0.1) is 24.1 Å². The summed E-state index contributed by atoms with van der Waals surface area (Å²) in [5.74, 6) is -0.855. The lowest BCUT2D eigenvalue weighted by Crippen LogP contribution is -2.11. The van der Waals surface area contributed by atoms with Crippen LogP contribution in [0.4, 0.5) is 10.1 Å². The van der Waals surface area contributed by atoms with E-state index >= 15 is 0 Å². The fraction of sp³-hybridized carbons (Fsp3) is 0.200. The molecule has 1 amide bonds. The maximum absolute atomic E-state index is 13.4. The van der Waals surface area contributed by atoms with Crippen molar-refractivity contribution in [3.8, 4) is 6.07 Å². The minimum Gasteiger partial charge on any atom is -0.325 e. The average molecular weight is 271 g/mol. The van der Waals surface area contributed by atoms with Crippen LogP contribution >= 0.6 is 15.9 Å². The van der Waals surface area contributed by atoms with Gasteiger partial charge in [0.1, 0.15) is 12.2 Å². The first kappa shape index (κ1) is 11.7. The highest BCUT2D eigenvalue weighted by Gasteiger charge is 2.09. The number of rotatable bonds is 2. The van der Waals surface area contributed by atoms with Gasteiger partial charge in [-0.2, -0.15) is 5.26 Å². The maximum atomic E-state index is 13.4. The summed E-state index contributed by atoms with van der Waals surface area (Å²) in [7, 11) is 0. The summed E-state index contributed by atoms with van der Waals surface area (Å²) in [6.07, 6.45) is -0.239. The van der Waals surface area contributed by atoms with Crippen molar-refractivity contribution in [3.63, 3.8) is 0 Å². The summed E-state index contributed by atoms with van der Waals surface area (Å²) < 4.78 is 13.7. The molecule has 0 saturated carbocycles. The first-order valence-corrected chi connectivity index (χ1v) is 4.97. The van der Waals surface area contributed by atoms with E-state index in [2.05, 4.69) is 21.2 Å². The first-order valence-electron chi connectivity index (χ1n) is 4.17. The number of hydrogen-bond donors (Lipinski definition) is 1. The summed E-state index contributed by atoms with van der Waals surface area (Å²) in [5.41, 5.74) is 0.728. The topological polar surface area (TPSA) is 52.9 Å². The van der Waals surface area contributed by atoms with Crippen molar-refractivity contribution >= 4 is 27.5 Å². The fourth-order valence-electron chi connectivity index (χ4n) is 1.05. The third-order valence-corrected chi connectivity index (χ3v) is 2.47. The molecule has 0 aliphatic carbocycles. The molecule has 1 rings (SSSR count). The average Bonchev–Trinajstić information content (AvgIpc) is 2.20. The molecule has 0 spiro atoms. The molecule has 0 unspecified atom stereocenters. The van der Waals surface area contributed by atoms with Crippen molar-refractivity contribution in [3.05, 3.63) is 28.0 Å². The van der Waals surface area contributed by atoms with Gasteiger partial charge in [-0.25, -0.2) is 4.39 Å². The molecule has 1 aromatic carbocycles. The molecule has 1 aromatic rings. The number of amides is 1. The fourth-order valence-corrected chi connectivity index (χ4v) is 1.48. The van der Waals surface area contributed by atoms with Gasteiger partial charge in [0.15, 0.2) is 0 Å². The van der Waals surface area contributed by atoms with Crippen LogP contribution in [0.3, 0.4) is 0 Å². The lowest BCUT2D eigenvalue weighted by Gasteiger charge is -2.08. The Labute approximate surface area is 95.0 Å². The molecule has 3 nitrogen and oxygen atoms in total. The molecular formula is C10H8BrFN2O. The minimum atomic E-state index is -0.442. The van der Waals surface area contributed by atoms with Crippen LogP contribution in [0.25, 0.3) is 0 Å². The van der Waals surface area contributed by atoms with Gasteiger partial charge in [0.05, 0.1) is 10.5 Å². The smallest absolute Gasteiger partial charge is 0.238 e. The van der Waals surface area contributed by atoms with Crippen LogP contribution < -0.4 is 5.32 Å². The Morgan fingerprint density at radius 3 is 2.93 bits per heavy atom. The highest BCUT2D eigenvalue weighted by Crippen LogP contribution is 2.24. The normalized spacial score (nSPS) is 9.47. The number of carbonyl (C=O) groups excluding carboxylic acids is 1. The lowest BCUT2D eigenvalue weighted by molar-refractivity contribution is -0.115. The number of hydrogen-bond acceptors (Lipinski definition) is 2. The van der Waals surface area contributed by atoms with Crippen LogP contribution in [0.15, 0.2) is 16.6 Å². The zero-order chi connectivity index (χ0) is 11.4. The predicted molar refractivity (Wildman–Crippen MR) is 57.7 cm³/mol. The number of nitriles is 1. The zero-order valence-electron chi connectivity index (χ0n) is 7.97. The molecule has 78 valence electrons. The molecular weight excluding hydrogens is 263 g/mol. The minimum absolute atomic E-state index is 0.239. The molecule has 0 radical (unpaired) electrons. The Hall–Kier alpha value is -1.41. The quantitative estimate of drug-likeness (QED) is 0.899. The third-order valence-electron chi connectivity index (χ3n) is 1.85. The molecule has 0 fully saturated rings. The number of halogens is 2. The Kier molecular flexibility index (Phi) is 3.81. The van der Waals surface area contributed by atoms with Gasteiger partial charge in [-0.3, -0.25) is 4.79 Å². The Morgan fingerprint density at radius 1 is 1.67 bits per heavy atom. The molecule has 5 heteroatoms. The van der Waals surface area contributed by atoms with Crippen LogP contribution in [0.5, 0.6) is 0 Å². The van der Waals surface area contributed by atoms with Gasteiger partial charge in [-0.15, -0.1) is 0 Å². The van der Waals surface area contributed by atoms with Gasteiger partial charge in [-0.1, -0.05) is 0 Å². The van der Waals surface area contributed by atoms with Crippen LogP contribution in [0.1, 0.15) is 12.0 Å². The molecule has 0 saturated heterocycles. The van der Waals surface area contributed by atoms with Crippen molar-refractivity contribution in [2.24, 2.45) is 0 Å². The Balaban J connectivity index is 2.93. The summed E-state index contributed by atoms with van der Waals surface area (Å²) in [4.78, 5) is 11.1. The van der Waals surface area contributed by atoms with E-state index in [9.17, 15) is 9.18 Å². The van der Waals surface area contributed by atoms with Crippen LogP contribution in [-0.4, -0.2) is 5.91 Å². The molecule has 0 atom stereocenters. The van der Waals surface area contributed by atoms with Gasteiger partial charge >= 0.3 is 0 Å². The summed E-state index contributed by atoms with van der Waals surface area (Å²) in [6, 6.07) is 4.80. The van der Waals surface area contributed by atoms with E-state index in [4.69, 9.17) is 5.26 Å². The van der Waals surface area contributed by atoms with E-state index in [-0.39, 0.29) is 6.42 Å². The van der Waals surface area contributed by atoms with E-state index in [1.807, 2.05) is 0 Å². The van der Waals surface area contributed by atoms with E-state index in [1.165, 1.54) is 6.07 Å². The highest BCUT2D eigenvalue weighted by molar-refractivity contribution is 9.10. The molecule has 0 aliphatic heterocycles. The second-order valence-corrected chi connectivity index (χ2v) is 3.77. The van der Waals surface area contributed by atoms with E-state index in [0.717, 1.165) is 0 Å². The van der Waals surface area contributed by atoms with Gasteiger partial charge in [0.2, 0.25) is 5.91 Å². The Morgan fingerprint density at radius 2 is 2.33 bits per heavy atom. The molecule has 0 bridgehead atoms. The molecule has 15 heavy (non-hydrogen) atoms. The number of anilines is 1. The van der Waals surface area contributed by atoms with Crippen molar-refractivity contribution in [2.75, 3.05) is 5.32 Å². The van der Waals surface area contributed by atoms with Crippen molar-refractivity contribution in [2.45, 2.75) is 13.3 Å². The number of nitrogens with zero attached hydrogens (tertiary/aromatic N) is 1. The monoisotopic (exact) mass is 270 g/mol. The van der Waals surface area contributed by atoms with Crippen molar-refractivity contribution in [1.82, 2.24) is 0 Å². The van der Waals surface area contributed by atoms with Crippen molar-refractivity contribution < 1.29 is 9.18 Å². The second-order valence-electron chi connectivity index (χ2n) is 2.92. The van der Waals surface area contributed by atoms with Gasteiger partial charge in [0.25, 0.3) is 0 Å². The van der Waals surface area contributed by atoms with Gasteiger partial charge in [-0.05, 0) is 35.0 Å². The molecule has 1 N–H and O–H groups in total. The standard InChI is InChI=1S/C10H8BrFN2O/c1-6-8(14-9(15)4-5-13)3-2-7(11)10(6)12/h2-3H,4H2,1H3,(H,14,15). The number of carbonyl (C=O) groups is 1. The first-order chi connectivity index (χ1) is 7.06. The third kappa shape index (κ3) is 2.77. The maximum Gasteiger partial charge on any atom is 0.238 e. The number of nitrogens with one attached hydrogen (secondary N) is 1. The van der Waals surface area contributed by atoms with Gasteiger partial charge in [0, 0.05) is 11.3 Å². The van der Waals surface area contributed by atoms with Crippen LogP contribution in [0.2, 0.25) is 0 Å². The summed E-state index contributed by atoms with van der Waals surface area (Å²) in [5, 5.41) is 10.7.